The number of aromatic nitrogens is 2. The molecule has 0 radical (unpaired) electrons. The van der Waals surface area contributed by atoms with Crippen molar-refractivity contribution in [1.82, 2.24) is 14.5 Å². The minimum atomic E-state index is 0.0963. The molecule has 162 valence electrons. The number of aryl methyl sites for hydroxylation is 1. The number of amides is 1. The summed E-state index contributed by atoms with van der Waals surface area (Å²) in [5, 5.41) is 0. The molecule has 3 aromatic carbocycles. The maximum Gasteiger partial charge on any atom is 0.253 e. The first kappa shape index (κ1) is 20.3. The number of para-hydroxylation sites is 3. The molecule has 1 fully saturated rings. The van der Waals surface area contributed by atoms with Crippen LogP contribution in [-0.2, 0) is 6.54 Å². The lowest BCUT2D eigenvalue weighted by Crippen LogP contribution is -2.39. The van der Waals surface area contributed by atoms with E-state index in [0.717, 1.165) is 55.3 Å². The molecule has 5 heteroatoms. The van der Waals surface area contributed by atoms with Crippen molar-refractivity contribution >= 4 is 16.9 Å². The van der Waals surface area contributed by atoms with Crippen LogP contribution in [-0.4, -0.2) is 33.4 Å². The molecule has 1 aliphatic rings. The molecular weight excluding hydrogens is 398 g/mol. The van der Waals surface area contributed by atoms with Gasteiger partial charge < -0.3 is 14.2 Å². The van der Waals surface area contributed by atoms with Crippen molar-refractivity contribution in [2.75, 3.05) is 13.1 Å². The highest BCUT2D eigenvalue weighted by atomic mass is 16.5. The van der Waals surface area contributed by atoms with E-state index in [9.17, 15) is 4.79 Å². The van der Waals surface area contributed by atoms with Gasteiger partial charge in [-0.25, -0.2) is 4.98 Å². The summed E-state index contributed by atoms with van der Waals surface area (Å²) in [6.45, 7) is 4.61. The number of imidazole rings is 1. The second-order valence-electron chi connectivity index (χ2n) is 8.43. The van der Waals surface area contributed by atoms with Crippen LogP contribution in [0.5, 0.6) is 11.5 Å². The van der Waals surface area contributed by atoms with Gasteiger partial charge in [0.15, 0.2) is 0 Å². The first-order valence-electron chi connectivity index (χ1n) is 11.2. The minimum Gasteiger partial charge on any atom is -0.457 e. The molecule has 0 spiro atoms. The van der Waals surface area contributed by atoms with Crippen molar-refractivity contribution in [3.05, 3.63) is 90.3 Å². The largest absolute Gasteiger partial charge is 0.457 e. The lowest BCUT2D eigenvalue weighted by molar-refractivity contribution is 0.0683. The number of nitrogens with zero attached hydrogens (tertiary/aromatic N) is 3. The summed E-state index contributed by atoms with van der Waals surface area (Å²) in [5.74, 6) is 3.22. The number of ether oxygens (including phenoxy) is 1. The van der Waals surface area contributed by atoms with E-state index >= 15 is 0 Å². The quantitative estimate of drug-likeness (QED) is 0.413. The number of rotatable bonds is 5. The fraction of sp³-hybridized carbons (Fsp3) is 0.259. The minimum absolute atomic E-state index is 0.0963. The summed E-state index contributed by atoms with van der Waals surface area (Å²) < 4.78 is 8.15. The molecule has 5 rings (SSSR count). The second-order valence-corrected chi connectivity index (χ2v) is 8.43. The summed E-state index contributed by atoms with van der Waals surface area (Å²) in [5.41, 5.74) is 2.96. The van der Waals surface area contributed by atoms with Gasteiger partial charge in [-0.15, -0.1) is 0 Å². The van der Waals surface area contributed by atoms with E-state index < -0.39 is 0 Å². The van der Waals surface area contributed by atoms with Gasteiger partial charge in [0.25, 0.3) is 5.91 Å². The molecule has 0 saturated carbocycles. The van der Waals surface area contributed by atoms with Crippen LogP contribution in [0.4, 0.5) is 0 Å². The fourth-order valence-electron chi connectivity index (χ4n) is 4.48. The third-order valence-corrected chi connectivity index (χ3v) is 6.27. The Bertz CT molecular complexity index is 1210. The Labute approximate surface area is 188 Å². The molecule has 1 amide bonds. The summed E-state index contributed by atoms with van der Waals surface area (Å²) in [4.78, 5) is 19.6. The van der Waals surface area contributed by atoms with Crippen molar-refractivity contribution in [2.45, 2.75) is 26.3 Å². The Kier molecular flexibility index (Phi) is 5.63. The predicted molar refractivity (Wildman–Crippen MR) is 126 cm³/mol. The molecule has 32 heavy (non-hydrogen) atoms. The van der Waals surface area contributed by atoms with Crippen LogP contribution in [0, 0.1) is 12.8 Å². The number of benzene rings is 3. The van der Waals surface area contributed by atoms with Crippen molar-refractivity contribution in [3.8, 4) is 11.5 Å². The standard InChI is InChI=1S/C27H27N3O2/c1-20-28-25-9-5-6-10-26(25)30(20)19-21-15-17-29(18-16-21)27(31)22-11-13-24(14-12-22)32-23-7-3-2-4-8-23/h2-14,21H,15-19H2,1H3. The maximum atomic E-state index is 13.0. The summed E-state index contributed by atoms with van der Waals surface area (Å²) in [6.07, 6.45) is 2.01. The average Bonchev–Trinajstić information content (AvgIpc) is 3.15. The van der Waals surface area contributed by atoms with E-state index in [-0.39, 0.29) is 5.91 Å². The van der Waals surface area contributed by atoms with Crippen molar-refractivity contribution in [3.63, 3.8) is 0 Å². The zero-order chi connectivity index (χ0) is 21.9. The average molecular weight is 426 g/mol. The Morgan fingerprint density at radius 2 is 1.56 bits per heavy atom. The van der Waals surface area contributed by atoms with Crippen molar-refractivity contribution in [1.29, 1.82) is 0 Å². The number of hydrogen-bond acceptors (Lipinski definition) is 3. The molecule has 0 bridgehead atoms. The Morgan fingerprint density at radius 1 is 0.906 bits per heavy atom. The van der Waals surface area contributed by atoms with E-state index in [1.807, 2.05) is 65.6 Å². The molecule has 0 atom stereocenters. The third kappa shape index (κ3) is 4.24. The van der Waals surface area contributed by atoms with Crippen molar-refractivity contribution < 1.29 is 9.53 Å². The first-order chi connectivity index (χ1) is 15.7. The first-order valence-corrected chi connectivity index (χ1v) is 11.2. The van der Waals surface area contributed by atoms with Gasteiger partial charge in [-0.05, 0) is 74.2 Å². The smallest absolute Gasteiger partial charge is 0.253 e. The normalized spacial score (nSPS) is 14.6. The molecule has 4 aromatic rings. The van der Waals surface area contributed by atoms with Crippen LogP contribution in [0.3, 0.4) is 0 Å². The molecular formula is C27H27N3O2. The van der Waals surface area contributed by atoms with Gasteiger partial charge in [0.05, 0.1) is 11.0 Å². The lowest BCUT2D eigenvalue weighted by Gasteiger charge is -2.32. The number of piperidine rings is 1. The van der Waals surface area contributed by atoms with Gasteiger partial charge in [-0.1, -0.05) is 30.3 Å². The highest BCUT2D eigenvalue weighted by molar-refractivity contribution is 5.94. The topological polar surface area (TPSA) is 47.4 Å². The SMILES string of the molecule is Cc1nc2ccccc2n1CC1CCN(C(=O)c2ccc(Oc3ccccc3)cc2)CC1. The highest BCUT2D eigenvalue weighted by Gasteiger charge is 2.24. The molecule has 5 nitrogen and oxygen atoms in total. The third-order valence-electron chi connectivity index (χ3n) is 6.27. The number of likely N-dealkylation sites (tertiary alicyclic amines) is 1. The van der Waals surface area contributed by atoms with Gasteiger partial charge in [0, 0.05) is 25.2 Å². The zero-order valence-corrected chi connectivity index (χ0v) is 18.3. The second kappa shape index (κ2) is 8.87. The number of fused-ring (bicyclic) bond motifs is 1. The molecule has 1 saturated heterocycles. The van der Waals surface area contributed by atoms with Crippen LogP contribution in [0.25, 0.3) is 11.0 Å². The Morgan fingerprint density at radius 3 is 2.31 bits per heavy atom. The van der Waals surface area contributed by atoms with E-state index in [0.29, 0.717) is 11.5 Å². The summed E-state index contributed by atoms with van der Waals surface area (Å²) in [7, 11) is 0. The van der Waals surface area contributed by atoms with Gasteiger partial charge in [-0.3, -0.25) is 4.79 Å². The zero-order valence-electron chi connectivity index (χ0n) is 18.3. The van der Waals surface area contributed by atoms with Crippen LogP contribution in [0.1, 0.15) is 29.0 Å². The molecule has 0 N–H and O–H groups in total. The van der Waals surface area contributed by atoms with Crippen LogP contribution >= 0.6 is 0 Å². The number of carbonyl (C=O) groups excluding carboxylic acids is 1. The van der Waals surface area contributed by atoms with E-state index in [4.69, 9.17) is 4.74 Å². The Balaban J connectivity index is 1.19. The van der Waals surface area contributed by atoms with Gasteiger partial charge in [0.2, 0.25) is 0 Å². The van der Waals surface area contributed by atoms with E-state index in [1.54, 1.807) is 0 Å². The van der Waals surface area contributed by atoms with Crippen LogP contribution in [0.2, 0.25) is 0 Å². The van der Waals surface area contributed by atoms with Gasteiger partial charge in [-0.2, -0.15) is 0 Å². The van der Waals surface area contributed by atoms with Crippen molar-refractivity contribution in [2.24, 2.45) is 5.92 Å². The van der Waals surface area contributed by atoms with Crippen LogP contribution < -0.4 is 4.74 Å². The monoisotopic (exact) mass is 425 g/mol. The highest BCUT2D eigenvalue weighted by Crippen LogP contribution is 2.25. The van der Waals surface area contributed by atoms with E-state index in [1.165, 1.54) is 5.52 Å². The summed E-state index contributed by atoms with van der Waals surface area (Å²) >= 11 is 0. The number of hydrogen-bond donors (Lipinski definition) is 0. The summed E-state index contributed by atoms with van der Waals surface area (Å²) in [6, 6.07) is 25.4. The molecule has 0 unspecified atom stereocenters. The Hall–Kier alpha value is -3.60. The molecule has 2 heterocycles. The predicted octanol–water partition coefficient (Wildman–Crippen LogP) is 5.69. The molecule has 0 aliphatic carbocycles. The molecule has 1 aliphatic heterocycles. The van der Waals surface area contributed by atoms with Gasteiger partial charge >= 0.3 is 0 Å². The van der Waals surface area contributed by atoms with Gasteiger partial charge in [0.1, 0.15) is 17.3 Å². The van der Waals surface area contributed by atoms with Crippen LogP contribution in [0.15, 0.2) is 78.9 Å². The fourth-order valence-corrected chi connectivity index (χ4v) is 4.48. The van der Waals surface area contributed by atoms with E-state index in [2.05, 4.69) is 34.7 Å². The lowest BCUT2D eigenvalue weighted by atomic mass is 9.96. The maximum absolute atomic E-state index is 13.0. The number of carbonyl (C=O) groups is 1. The molecule has 1 aromatic heterocycles.